The average molecular weight is 315 g/mol. The minimum atomic E-state index is -0.386. The van der Waals surface area contributed by atoms with Crippen LogP contribution in [0.25, 0.3) is 0 Å². The summed E-state index contributed by atoms with van der Waals surface area (Å²) < 4.78 is 19.4. The number of hydrogen-bond acceptors (Lipinski definition) is 4. The zero-order chi connectivity index (χ0) is 16.1. The third kappa shape index (κ3) is 3.83. The van der Waals surface area contributed by atoms with Crippen LogP contribution >= 0.6 is 0 Å². The zero-order valence-corrected chi connectivity index (χ0v) is 12.7. The van der Waals surface area contributed by atoms with Crippen molar-refractivity contribution >= 4 is 5.91 Å². The van der Waals surface area contributed by atoms with Gasteiger partial charge in [0.1, 0.15) is 0 Å². The van der Waals surface area contributed by atoms with Crippen molar-refractivity contribution in [3.05, 3.63) is 53.9 Å². The third-order valence-electron chi connectivity index (χ3n) is 3.82. The van der Waals surface area contributed by atoms with Crippen LogP contribution in [0.3, 0.4) is 0 Å². The molecule has 0 fully saturated rings. The van der Waals surface area contributed by atoms with Crippen LogP contribution in [0.15, 0.2) is 36.8 Å². The predicted molar refractivity (Wildman–Crippen MR) is 82.4 cm³/mol. The van der Waals surface area contributed by atoms with Crippen LogP contribution in [0, 0.1) is 5.82 Å². The van der Waals surface area contributed by atoms with E-state index in [1.54, 1.807) is 30.7 Å². The van der Waals surface area contributed by atoms with Gasteiger partial charge in [-0.25, -0.2) is 4.39 Å². The molecule has 1 atom stereocenters. The molecule has 0 radical (unpaired) electrons. The van der Waals surface area contributed by atoms with Crippen molar-refractivity contribution in [3.8, 4) is 5.75 Å². The van der Waals surface area contributed by atoms with E-state index in [-0.39, 0.29) is 23.5 Å². The standard InChI is InChI=1S/C17H18FN3O2/c18-14-4-1-3-13-15(5-2-10-23-17(13)14)21-16(22)7-6-12-11-19-8-9-20-12/h1,3-4,8-9,11,15H,2,5-7,10H2,(H,21,22). The topological polar surface area (TPSA) is 64.1 Å². The number of ether oxygens (including phenoxy) is 1. The highest BCUT2D eigenvalue weighted by Crippen LogP contribution is 2.33. The molecule has 2 heterocycles. The van der Waals surface area contributed by atoms with E-state index >= 15 is 0 Å². The number of rotatable bonds is 4. The first-order valence-corrected chi connectivity index (χ1v) is 7.69. The average Bonchev–Trinajstić information content (AvgIpc) is 2.78. The summed E-state index contributed by atoms with van der Waals surface area (Å²) in [6.45, 7) is 0.458. The van der Waals surface area contributed by atoms with E-state index in [9.17, 15) is 9.18 Å². The van der Waals surface area contributed by atoms with Crippen LogP contribution in [-0.4, -0.2) is 22.5 Å². The van der Waals surface area contributed by atoms with E-state index in [1.165, 1.54) is 6.07 Å². The Morgan fingerprint density at radius 1 is 1.39 bits per heavy atom. The first kappa shape index (κ1) is 15.4. The quantitative estimate of drug-likeness (QED) is 0.942. The number of aromatic nitrogens is 2. The summed E-state index contributed by atoms with van der Waals surface area (Å²) in [6.07, 6.45) is 7.20. The fourth-order valence-electron chi connectivity index (χ4n) is 2.69. The van der Waals surface area contributed by atoms with E-state index < -0.39 is 0 Å². The maximum absolute atomic E-state index is 13.9. The van der Waals surface area contributed by atoms with Crippen LogP contribution in [0.5, 0.6) is 5.75 Å². The van der Waals surface area contributed by atoms with Gasteiger partial charge in [-0.15, -0.1) is 0 Å². The highest BCUT2D eigenvalue weighted by molar-refractivity contribution is 5.76. The largest absolute Gasteiger partial charge is 0.490 e. The van der Waals surface area contributed by atoms with Gasteiger partial charge < -0.3 is 10.1 Å². The molecule has 120 valence electrons. The number of hydrogen-bond donors (Lipinski definition) is 1. The number of benzene rings is 1. The van der Waals surface area contributed by atoms with Gasteiger partial charge in [-0.1, -0.05) is 12.1 Å². The number of nitrogens with one attached hydrogen (secondary N) is 1. The molecule has 6 heteroatoms. The Kier molecular flexibility index (Phi) is 4.80. The number of fused-ring (bicyclic) bond motifs is 1. The second kappa shape index (κ2) is 7.17. The molecule has 1 aromatic carbocycles. The number of halogens is 1. The SMILES string of the molecule is O=C(CCc1cnccn1)NC1CCCOc2c(F)cccc21. The Morgan fingerprint density at radius 2 is 2.30 bits per heavy atom. The fourth-order valence-corrected chi connectivity index (χ4v) is 2.69. The van der Waals surface area contributed by atoms with E-state index in [4.69, 9.17) is 4.74 Å². The third-order valence-corrected chi connectivity index (χ3v) is 3.82. The Balaban J connectivity index is 1.65. The molecule has 1 aliphatic heterocycles. The molecule has 1 amide bonds. The summed E-state index contributed by atoms with van der Waals surface area (Å²) in [5.41, 5.74) is 1.48. The molecule has 23 heavy (non-hydrogen) atoms. The summed E-state index contributed by atoms with van der Waals surface area (Å²) in [7, 11) is 0. The van der Waals surface area contributed by atoms with Crippen LogP contribution in [0.2, 0.25) is 0 Å². The molecule has 2 aromatic rings. The smallest absolute Gasteiger partial charge is 0.220 e. The number of nitrogens with zero attached hydrogens (tertiary/aromatic N) is 2. The lowest BCUT2D eigenvalue weighted by molar-refractivity contribution is -0.121. The Bertz CT molecular complexity index is 679. The first-order valence-electron chi connectivity index (χ1n) is 7.69. The molecule has 0 spiro atoms. The summed E-state index contributed by atoms with van der Waals surface area (Å²) in [5, 5.41) is 2.98. The molecule has 0 saturated heterocycles. The molecular weight excluding hydrogens is 297 g/mol. The van der Waals surface area contributed by atoms with E-state index in [1.807, 2.05) is 0 Å². The lowest BCUT2D eigenvalue weighted by Crippen LogP contribution is -2.28. The monoisotopic (exact) mass is 315 g/mol. The van der Waals surface area contributed by atoms with Crippen molar-refractivity contribution in [3.63, 3.8) is 0 Å². The van der Waals surface area contributed by atoms with Gasteiger partial charge in [0.2, 0.25) is 5.91 Å². The molecule has 0 aliphatic carbocycles. The van der Waals surface area contributed by atoms with Crippen LogP contribution in [0.4, 0.5) is 4.39 Å². The maximum Gasteiger partial charge on any atom is 0.220 e. The number of carbonyl (C=O) groups excluding carboxylic acids is 1. The maximum atomic E-state index is 13.9. The van der Waals surface area contributed by atoms with Gasteiger partial charge in [-0.3, -0.25) is 14.8 Å². The lowest BCUT2D eigenvalue weighted by atomic mass is 10.0. The molecule has 5 nitrogen and oxygen atoms in total. The molecular formula is C17H18FN3O2. The fraction of sp³-hybridized carbons (Fsp3) is 0.353. The van der Waals surface area contributed by atoms with Gasteiger partial charge in [0.25, 0.3) is 0 Å². The molecule has 1 aliphatic rings. The van der Waals surface area contributed by atoms with Crippen molar-refractivity contribution in [1.29, 1.82) is 0 Å². The number of aryl methyl sites for hydroxylation is 1. The van der Waals surface area contributed by atoms with E-state index in [2.05, 4.69) is 15.3 Å². The lowest BCUT2D eigenvalue weighted by Gasteiger charge is -2.18. The molecule has 1 aromatic heterocycles. The minimum Gasteiger partial charge on any atom is -0.490 e. The highest BCUT2D eigenvalue weighted by Gasteiger charge is 2.23. The minimum absolute atomic E-state index is 0.0854. The van der Waals surface area contributed by atoms with Crippen molar-refractivity contribution < 1.29 is 13.9 Å². The van der Waals surface area contributed by atoms with Crippen molar-refractivity contribution in [2.75, 3.05) is 6.61 Å². The molecule has 3 rings (SSSR count). The van der Waals surface area contributed by atoms with Gasteiger partial charge in [-0.2, -0.15) is 0 Å². The Morgan fingerprint density at radius 3 is 3.13 bits per heavy atom. The van der Waals surface area contributed by atoms with Gasteiger partial charge in [0, 0.05) is 30.6 Å². The van der Waals surface area contributed by atoms with Crippen LogP contribution in [0.1, 0.15) is 36.6 Å². The van der Waals surface area contributed by atoms with Gasteiger partial charge >= 0.3 is 0 Å². The predicted octanol–water partition coefficient (Wildman–Crippen LogP) is 2.58. The zero-order valence-electron chi connectivity index (χ0n) is 12.7. The van der Waals surface area contributed by atoms with Crippen molar-refractivity contribution in [2.24, 2.45) is 0 Å². The Hall–Kier alpha value is -2.50. The number of amides is 1. The van der Waals surface area contributed by atoms with Crippen LogP contribution < -0.4 is 10.1 Å². The summed E-state index contributed by atoms with van der Waals surface area (Å²) in [6, 6.07) is 4.59. The van der Waals surface area contributed by atoms with Crippen LogP contribution in [-0.2, 0) is 11.2 Å². The molecule has 1 N–H and O–H groups in total. The molecule has 0 bridgehead atoms. The summed E-state index contributed by atoms with van der Waals surface area (Å²) in [4.78, 5) is 20.3. The normalized spacial score (nSPS) is 16.8. The number of carbonyl (C=O) groups is 1. The van der Waals surface area contributed by atoms with Gasteiger partial charge in [0.05, 0.1) is 18.3 Å². The highest BCUT2D eigenvalue weighted by atomic mass is 19.1. The molecule has 0 saturated carbocycles. The second-order valence-electron chi connectivity index (χ2n) is 5.47. The first-order chi connectivity index (χ1) is 11.2. The van der Waals surface area contributed by atoms with Crippen molar-refractivity contribution in [2.45, 2.75) is 31.7 Å². The van der Waals surface area contributed by atoms with Gasteiger partial charge in [0.15, 0.2) is 11.6 Å². The van der Waals surface area contributed by atoms with E-state index in [0.717, 1.165) is 18.5 Å². The van der Waals surface area contributed by atoms with Gasteiger partial charge in [-0.05, 0) is 25.3 Å². The molecule has 1 unspecified atom stereocenters. The summed E-state index contributed by atoms with van der Waals surface area (Å²) in [5.74, 6) is -0.217. The summed E-state index contributed by atoms with van der Waals surface area (Å²) >= 11 is 0. The van der Waals surface area contributed by atoms with Crippen molar-refractivity contribution in [1.82, 2.24) is 15.3 Å². The Labute approximate surface area is 133 Å². The number of para-hydroxylation sites is 1. The second-order valence-corrected chi connectivity index (χ2v) is 5.47. The van der Waals surface area contributed by atoms with E-state index in [0.29, 0.717) is 25.0 Å².